The number of carbonyl (C=O) groups excluding carboxylic acids is 1. The molecule has 1 heterocycles. The van der Waals surface area contributed by atoms with Crippen LogP contribution in [0, 0.1) is 0 Å². The third-order valence-electron chi connectivity index (χ3n) is 6.38. The molecule has 0 spiro atoms. The predicted octanol–water partition coefficient (Wildman–Crippen LogP) is 2.98. The highest BCUT2D eigenvalue weighted by atomic mass is 16.7. The molecule has 188 valence electrons. The van der Waals surface area contributed by atoms with E-state index in [1.807, 2.05) is 0 Å². The van der Waals surface area contributed by atoms with Gasteiger partial charge in [-0.25, -0.2) is 0 Å². The van der Waals surface area contributed by atoms with E-state index in [-0.39, 0.29) is 6.42 Å². The quantitative estimate of drug-likeness (QED) is 0.159. The summed E-state index contributed by atoms with van der Waals surface area (Å²) in [5, 5.41) is 42.9. The number of hydrogen-bond donors (Lipinski definition) is 5. The van der Waals surface area contributed by atoms with E-state index in [9.17, 15) is 25.2 Å². The number of aliphatic hydroxyl groups is 4. The van der Waals surface area contributed by atoms with Crippen molar-refractivity contribution in [3.63, 3.8) is 0 Å². The number of aliphatic hydroxyl groups excluding tert-OH is 3. The lowest BCUT2D eigenvalue weighted by Crippen LogP contribution is -2.71. The number of hydrogen-bond acceptors (Lipinski definition) is 7. The van der Waals surface area contributed by atoms with Gasteiger partial charge in [0, 0.05) is 6.42 Å². The molecule has 1 aliphatic rings. The number of rotatable bonds is 18. The van der Waals surface area contributed by atoms with E-state index in [4.69, 9.17) is 4.74 Å². The van der Waals surface area contributed by atoms with Crippen molar-refractivity contribution in [2.45, 2.75) is 127 Å². The molecule has 1 fully saturated rings. The number of likely N-dealkylation sites (N-methyl/N-ethyl adjacent to an activating group) is 1. The van der Waals surface area contributed by atoms with Crippen LogP contribution in [0.1, 0.15) is 96.8 Å². The average molecular weight is 458 g/mol. The third-order valence-corrected chi connectivity index (χ3v) is 6.38. The van der Waals surface area contributed by atoms with Crippen LogP contribution >= 0.6 is 0 Å². The second kappa shape index (κ2) is 16.7. The molecule has 7 nitrogen and oxygen atoms in total. The number of unbranched alkanes of at least 4 members (excludes halogenated alkanes) is 11. The Bertz CT molecular complexity index is 529. The Kier molecular flexibility index (Phi) is 15.3. The second-order valence-corrected chi connectivity index (χ2v) is 9.04. The van der Waals surface area contributed by atoms with Gasteiger partial charge in [-0.2, -0.15) is 0 Å². The van der Waals surface area contributed by atoms with E-state index in [0.29, 0.717) is 6.42 Å². The van der Waals surface area contributed by atoms with Crippen LogP contribution in [0.25, 0.3) is 0 Å². The molecule has 5 N–H and O–H groups in total. The molecular formula is C25H47NO6. The minimum atomic E-state index is -2.26. The van der Waals surface area contributed by atoms with Crippen molar-refractivity contribution in [2.75, 3.05) is 13.7 Å². The second-order valence-electron chi connectivity index (χ2n) is 9.04. The highest BCUT2D eigenvalue weighted by molar-refractivity contribution is 5.86. The SMILES string of the molecule is CCCCCCCC/C=C\CCCCCCCC(=O)C1(O)O[C@H](CO)[C@@H](O)[C@H](O)[C@H]1NC. The van der Waals surface area contributed by atoms with Gasteiger partial charge in [-0.3, -0.25) is 4.79 Å². The van der Waals surface area contributed by atoms with Crippen LogP contribution in [0.2, 0.25) is 0 Å². The Balaban J connectivity index is 2.17. The summed E-state index contributed by atoms with van der Waals surface area (Å²) in [7, 11) is 1.48. The first kappa shape index (κ1) is 29.2. The average Bonchev–Trinajstić information content (AvgIpc) is 2.79. The van der Waals surface area contributed by atoms with Crippen LogP contribution in [-0.4, -0.2) is 70.0 Å². The van der Waals surface area contributed by atoms with E-state index >= 15 is 0 Å². The van der Waals surface area contributed by atoms with E-state index in [0.717, 1.165) is 32.1 Å². The maximum absolute atomic E-state index is 12.6. The van der Waals surface area contributed by atoms with Crippen LogP contribution < -0.4 is 5.32 Å². The molecule has 0 saturated carbocycles. The molecule has 0 aliphatic carbocycles. The Labute approximate surface area is 194 Å². The topological polar surface area (TPSA) is 119 Å². The number of carbonyl (C=O) groups is 1. The van der Waals surface area contributed by atoms with Crippen molar-refractivity contribution in [3.05, 3.63) is 12.2 Å². The number of ether oxygens (including phenoxy) is 1. The molecule has 7 heteroatoms. The fraction of sp³-hybridized carbons (Fsp3) is 0.880. The summed E-state index contributed by atoms with van der Waals surface area (Å²) in [4.78, 5) is 12.6. The van der Waals surface area contributed by atoms with Gasteiger partial charge in [0.05, 0.1) is 12.6 Å². The number of Topliss-reactive ketones (excluding diaryl/α,β-unsaturated/α-hetero) is 1. The Morgan fingerprint density at radius 3 is 1.97 bits per heavy atom. The lowest BCUT2D eigenvalue weighted by atomic mass is 9.86. The van der Waals surface area contributed by atoms with E-state index in [1.54, 1.807) is 0 Å². The van der Waals surface area contributed by atoms with Gasteiger partial charge in [-0.15, -0.1) is 0 Å². The molecule has 1 rings (SSSR count). The zero-order valence-corrected chi connectivity index (χ0v) is 20.2. The summed E-state index contributed by atoms with van der Waals surface area (Å²) in [6.07, 6.45) is 15.7. The smallest absolute Gasteiger partial charge is 0.245 e. The van der Waals surface area contributed by atoms with Crippen LogP contribution in [-0.2, 0) is 9.53 Å². The summed E-state index contributed by atoms with van der Waals surface area (Å²) in [6.45, 7) is 1.64. The first-order valence-corrected chi connectivity index (χ1v) is 12.6. The summed E-state index contributed by atoms with van der Waals surface area (Å²) in [6, 6.07) is -1.16. The van der Waals surface area contributed by atoms with Crippen LogP contribution in [0.4, 0.5) is 0 Å². The highest BCUT2D eigenvalue weighted by Crippen LogP contribution is 2.30. The van der Waals surface area contributed by atoms with E-state index in [1.165, 1.54) is 52.0 Å². The largest absolute Gasteiger partial charge is 0.394 e. The van der Waals surface area contributed by atoms with Crippen LogP contribution in [0.3, 0.4) is 0 Å². The predicted molar refractivity (Wildman–Crippen MR) is 126 cm³/mol. The van der Waals surface area contributed by atoms with Crippen LogP contribution in [0.5, 0.6) is 0 Å². The molecule has 32 heavy (non-hydrogen) atoms. The van der Waals surface area contributed by atoms with Gasteiger partial charge in [0.15, 0.2) is 5.78 Å². The van der Waals surface area contributed by atoms with Gasteiger partial charge >= 0.3 is 0 Å². The van der Waals surface area contributed by atoms with Crippen molar-refractivity contribution >= 4 is 5.78 Å². The van der Waals surface area contributed by atoms with Crippen LogP contribution in [0.15, 0.2) is 12.2 Å². The molecule has 1 aliphatic heterocycles. The monoisotopic (exact) mass is 457 g/mol. The number of nitrogens with one attached hydrogen (secondary N) is 1. The number of ketones is 1. The lowest BCUT2D eigenvalue weighted by molar-refractivity contribution is -0.302. The van der Waals surface area contributed by atoms with Crippen molar-refractivity contribution in [2.24, 2.45) is 0 Å². The standard InChI is InChI=1S/C25H47NO6/c1-3-4-5-6-7-8-9-10-11-12-13-14-15-16-17-18-21(28)25(31)24(26-2)23(30)22(29)20(19-27)32-25/h10-11,20,22-24,26-27,29-31H,3-9,12-19H2,1-2H3/b11-10-/t20-,22-,23+,24-,25?/m1/s1. The minimum absolute atomic E-state index is 0.119. The van der Waals surface area contributed by atoms with Gasteiger partial charge in [0.2, 0.25) is 5.79 Å². The van der Waals surface area contributed by atoms with Crippen molar-refractivity contribution < 1.29 is 30.0 Å². The maximum atomic E-state index is 12.6. The van der Waals surface area contributed by atoms with Crippen molar-refractivity contribution in [1.29, 1.82) is 0 Å². The molecule has 0 aromatic rings. The third kappa shape index (κ3) is 9.57. The fourth-order valence-corrected chi connectivity index (χ4v) is 4.31. The fourth-order valence-electron chi connectivity index (χ4n) is 4.31. The van der Waals surface area contributed by atoms with Gasteiger partial charge in [0.25, 0.3) is 0 Å². The highest BCUT2D eigenvalue weighted by Gasteiger charge is 2.56. The first-order valence-electron chi connectivity index (χ1n) is 12.6. The zero-order chi connectivity index (χ0) is 23.8. The van der Waals surface area contributed by atoms with Gasteiger partial charge < -0.3 is 30.5 Å². The zero-order valence-electron chi connectivity index (χ0n) is 20.2. The van der Waals surface area contributed by atoms with Gasteiger partial charge in [-0.1, -0.05) is 70.4 Å². The summed E-state index contributed by atoms with van der Waals surface area (Å²) < 4.78 is 5.32. The molecule has 0 bridgehead atoms. The Morgan fingerprint density at radius 1 is 0.906 bits per heavy atom. The maximum Gasteiger partial charge on any atom is 0.245 e. The summed E-state index contributed by atoms with van der Waals surface area (Å²) in [5.41, 5.74) is 0. The molecule has 0 radical (unpaired) electrons. The molecule has 5 atom stereocenters. The normalized spacial score (nSPS) is 28.4. The van der Waals surface area contributed by atoms with E-state index < -0.39 is 42.5 Å². The summed E-state index contributed by atoms with van der Waals surface area (Å²) >= 11 is 0. The Hall–Kier alpha value is -0.830. The lowest BCUT2D eigenvalue weighted by Gasteiger charge is -2.46. The number of allylic oxidation sites excluding steroid dienone is 2. The summed E-state index contributed by atoms with van der Waals surface area (Å²) in [5.74, 6) is -2.81. The molecule has 0 aromatic carbocycles. The van der Waals surface area contributed by atoms with Gasteiger partial charge in [-0.05, 0) is 39.2 Å². The molecular weight excluding hydrogens is 410 g/mol. The van der Waals surface area contributed by atoms with Crippen molar-refractivity contribution in [1.82, 2.24) is 5.32 Å². The molecule has 1 saturated heterocycles. The minimum Gasteiger partial charge on any atom is -0.394 e. The molecule has 0 amide bonds. The molecule has 0 aromatic heterocycles. The van der Waals surface area contributed by atoms with E-state index in [2.05, 4.69) is 24.4 Å². The first-order chi connectivity index (χ1) is 15.4. The van der Waals surface area contributed by atoms with Crippen molar-refractivity contribution in [3.8, 4) is 0 Å². The van der Waals surface area contributed by atoms with Gasteiger partial charge in [0.1, 0.15) is 18.3 Å². The Morgan fingerprint density at radius 2 is 1.44 bits per heavy atom. The molecule has 1 unspecified atom stereocenters.